The maximum Gasteiger partial charge on any atom is 0.334 e. The lowest BCUT2D eigenvalue weighted by Gasteiger charge is -2.15. The van der Waals surface area contributed by atoms with Gasteiger partial charge in [-0.25, -0.2) is 4.79 Å². The Morgan fingerprint density at radius 2 is 2.32 bits per heavy atom. The van der Waals surface area contributed by atoms with Crippen LogP contribution in [0.4, 0.5) is 0 Å². The SMILES string of the molecule is O=C(O)[C@@H]1OCC[C@@H]1NCc1csc2ccccc12. The molecule has 0 amide bonds. The summed E-state index contributed by atoms with van der Waals surface area (Å²) >= 11 is 1.72. The van der Waals surface area contributed by atoms with Crippen molar-refractivity contribution in [2.24, 2.45) is 0 Å². The molecule has 2 aromatic rings. The van der Waals surface area contributed by atoms with Crippen molar-refractivity contribution >= 4 is 27.4 Å². The summed E-state index contributed by atoms with van der Waals surface area (Å²) in [6.07, 6.45) is 0.0314. The van der Waals surface area contributed by atoms with Crippen LogP contribution >= 0.6 is 11.3 Å². The van der Waals surface area contributed by atoms with Crippen LogP contribution in [0, 0.1) is 0 Å². The first-order chi connectivity index (χ1) is 9.25. The van der Waals surface area contributed by atoms with Gasteiger partial charge in [-0.15, -0.1) is 11.3 Å². The quantitative estimate of drug-likeness (QED) is 0.900. The number of carboxylic acid groups (broad SMARTS) is 1. The second-order valence-electron chi connectivity index (χ2n) is 4.66. The van der Waals surface area contributed by atoms with Gasteiger partial charge in [-0.05, 0) is 28.8 Å². The summed E-state index contributed by atoms with van der Waals surface area (Å²) in [5.74, 6) is -0.884. The highest BCUT2D eigenvalue weighted by Crippen LogP contribution is 2.26. The highest BCUT2D eigenvalue weighted by molar-refractivity contribution is 7.17. The zero-order valence-corrected chi connectivity index (χ0v) is 11.2. The van der Waals surface area contributed by atoms with E-state index in [1.165, 1.54) is 15.6 Å². The van der Waals surface area contributed by atoms with Gasteiger partial charge in [0.2, 0.25) is 0 Å². The minimum absolute atomic E-state index is 0.101. The van der Waals surface area contributed by atoms with Crippen LogP contribution in [0.15, 0.2) is 29.6 Å². The fraction of sp³-hybridized carbons (Fsp3) is 0.357. The van der Waals surface area contributed by atoms with E-state index in [0.29, 0.717) is 13.2 Å². The Labute approximate surface area is 115 Å². The number of aliphatic carboxylic acids is 1. The standard InChI is InChI=1S/C14H15NO3S/c16-14(17)13-11(5-6-18-13)15-7-9-8-19-12-4-2-1-3-10(9)12/h1-4,8,11,13,15H,5-7H2,(H,16,17)/t11-,13+/m0/s1. The molecule has 1 aromatic heterocycles. The molecule has 0 unspecified atom stereocenters. The van der Waals surface area contributed by atoms with Gasteiger partial charge >= 0.3 is 5.97 Å². The lowest BCUT2D eigenvalue weighted by atomic mass is 10.1. The number of rotatable bonds is 4. The molecule has 2 atom stereocenters. The van der Waals surface area contributed by atoms with Crippen LogP contribution in [0.1, 0.15) is 12.0 Å². The molecule has 1 saturated heterocycles. The van der Waals surface area contributed by atoms with E-state index in [9.17, 15) is 4.79 Å². The molecule has 0 spiro atoms. The predicted octanol–water partition coefficient (Wildman–Crippen LogP) is 2.23. The molecule has 5 heteroatoms. The summed E-state index contributed by atoms with van der Waals surface area (Å²) < 4.78 is 6.49. The number of carboxylic acids is 1. The van der Waals surface area contributed by atoms with Gasteiger partial charge in [-0.1, -0.05) is 18.2 Å². The fourth-order valence-electron chi connectivity index (χ4n) is 2.45. The molecule has 0 saturated carbocycles. The second-order valence-corrected chi connectivity index (χ2v) is 5.57. The first-order valence-electron chi connectivity index (χ1n) is 6.28. The number of benzene rings is 1. The number of fused-ring (bicyclic) bond motifs is 1. The number of carbonyl (C=O) groups is 1. The molecule has 1 fully saturated rings. The smallest absolute Gasteiger partial charge is 0.334 e. The maximum atomic E-state index is 11.0. The molecule has 0 radical (unpaired) electrons. The second kappa shape index (κ2) is 5.28. The first-order valence-corrected chi connectivity index (χ1v) is 7.16. The normalized spacial score (nSPS) is 22.9. The van der Waals surface area contributed by atoms with Crippen LogP contribution in [-0.2, 0) is 16.1 Å². The van der Waals surface area contributed by atoms with Gasteiger partial charge in [0.1, 0.15) is 0 Å². The third kappa shape index (κ3) is 2.49. The van der Waals surface area contributed by atoms with Crippen molar-refractivity contribution in [3.05, 3.63) is 35.2 Å². The Bertz CT molecular complexity index is 595. The Morgan fingerprint density at radius 1 is 1.47 bits per heavy atom. The van der Waals surface area contributed by atoms with Crippen molar-refractivity contribution in [1.82, 2.24) is 5.32 Å². The highest BCUT2D eigenvalue weighted by atomic mass is 32.1. The fourth-order valence-corrected chi connectivity index (χ4v) is 3.42. The largest absolute Gasteiger partial charge is 0.479 e. The van der Waals surface area contributed by atoms with Gasteiger partial charge in [0.15, 0.2) is 6.10 Å². The summed E-state index contributed by atoms with van der Waals surface area (Å²) in [6, 6.07) is 8.15. The minimum atomic E-state index is -0.884. The van der Waals surface area contributed by atoms with Gasteiger partial charge < -0.3 is 15.2 Å². The van der Waals surface area contributed by atoms with Crippen molar-refractivity contribution in [2.75, 3.05) is 6.61 Å². The average molecular weight is 277 g/mol. The summed E-state index contributed by atoms with van der Waals surface area (Å²) in [4.78, 5) is 11.0. The monoisotopic (exact) mass is 277 g/mol. The van der Waals surface area contributed by atoms with Gasteiger partial charge in [-0.3, -0.25) is 0 Å². The summed E-state index contributed by atoms with van der Waals surface area (Å²) in [5, 5.41) is 15.7. The van der Waals surface area contributed by atoms with E-state index in [-0.39, 0.29) is 6.04 Å². The third-order valence-corrected chi connectivity index (χ3v) is 4.46. The lowest BCUT2D eigenvalue weighted by Crippen LogP contribution is -2.40. The van der Waals surface area contributed by atoms with E-state index >= 15 is 0 Å². The van der Waals surface area contributed by atoms with E-state index in [1.54, 1.807) is 11.3 Å². The topological polar surface area (TPSA) is 58.6 Å². The maximum absolute atomic E-state index is 11.0. The van der Waals surface area contributed by atoms with E-state index in [4.69, 9.17) is 9.84 Å². The lowest BCUT2D eigenvalue weighted by molar-refractivity contribution is -0.148. The number of hydrogen-bond donors (Lipinski definition) is 2. The van der Waals surface area contributed by atoms with Crippen molar-refractivity contribution < 1.29 is 14.6 Å². The van der Waals surface area contributed by atoms with Gasteiger partial charge in [0.25, 0.3) is 0 Å². The third-order valence-electron chi connectivity index (χ3n) is 3.45. The molecule has 1 aromatic carbocycles. The van der Waals surface area contributed by atoms with Crippen LogP contribution in [0.5, 0.6) is 0 Å². The van der Waals surface area contributed by atoms with Crippen LogP contribution in [-0.4, -0.2) is 29.8 Å². The minimum Gasteiger partial charge on any atom is -0.479 e. The first kappa shape index (κ1) is 12.6. The molecule has 0 aliphatic carbocycles. The van der Waals surface area contributed by atoms with Crippen LogP contribution in [0.3, 0.4) is 0 Å². The molecular formula is C14H15NO3S. The Morgan fingerprint density at radius 3 is 3.16 bits per heavy atom. The van der Waals surface area contributed by atoms with E-state index in [2.05, 4.69) is 22.8 Å². The summed E-state index contributed by atoms with van der Waals surface area (Å²) in [7, 11) is 0. The van der Waals surface area contributed by atoms with Gasteiger partial charge in [0, 0.05) is 23.9 Å². The molecule has 0 bridgehead atoms. The molecule has 1 aliphatic rings. The Kier molecular flexibility index (Phi) is 3.50. The molecule has 100 valence electrons. The predicted molar refractivity (Wildman–Crippen MR) is 74.4 cm³/mol. The van der Waals surface area contributed by atoms with Crippen molar-refractivity contribution in [2.45, 2.75) is 25.1 Å². The molecule has 3 rings (SSSR count). The van der Waals surface area contributed by atoms with Gasteiger partial charge in [-0.2, -0.15) is 0 Å². The number of hydrogen-bond acceptors (Lipinski definition) is 4. The zero-order chi connectivity index (χ0) is 13.2. The van der Waals surface area contributed by atoms with Crippen LogP contribution in [0.25, 0.3) is 10.1 Å². The summed E-state index contributed by atoms with van der Waals surface area (Å²) in [5.41, 5.74) is 1.22. The average Bonchev–Trinajstić information content (AvgIpc) is 3.03. The van der Waals surface area contributed by atoms with E-state index < -0.39 is 12.1 Å². The van der Waals surface area contributed by atoms with E-state index in [1.807, 2.05) is 12.1 Å². The molecule has 19 heavy (non-hydrogen) atoms. The van der Waals surface area contributed by atoms with Crippen LogP contribution in [0.2, 0.25) is 0 Å². The van der Waals surface area contributed by atoms with E-state index in [0.717, 1.165) is 6.42 Å². The van der Waals surface area contributed by atoms with Crippen molar-refractivity contribution in [3.8, 4) is 0 Å². The Hall–Kier alpha value is -1.43. The molecular weight excluding hydrogens is 262 g/mol. The summed E-state index contributed by atoms with van der Waals surface area (Å²) in [6.45, 7) is 1.20. The number of thiophene rings is 1. The zero-order valence-electron chi connectivity index (χ0n) is 10.3. The molecule has 1 aliphatic heterocycles. The number of nitrogens with one attached hydrogen (secondary N) is 1. The van der Waals surface area contributed by atoms with Crippen molar-refractivity contribution in [1.29, 1.82) is 0 Å². The van der Waals surface area contributed by atoms with Crippen LogP contribution < -0.4 is 5.32 Å². The van der Waals surface area contributed by atoms with Gasteiger partial charge in [0.05, 0.1) is 0 Å². The molecule has 4 nitrogen and oxygen atoms in total. The molecule has 2 N–H and O–H groups in total. The number of ether oxygens (including phenoxy) is 1. The highest BCUT2D eigenvalue weighted by Gasteiger charge is 2.33. The Balaban J connectivity index is 1.71. The molecule has 2 heterocycles. The van der Waals surface area contributed by atoms with Crippen molar-refractivity contribution in [3.63, 3.8) is 0 Å².